The average molecular weight is 466 g/mol. The second-order valence-electron chi connectivity index (χ2n) is 6.00. The van der Waals surface area contributed by atoms with E-state index in [-0.39, 0.29) is 5.91 Å². The van der Waals surface area contributed by atoms with Crippen LogP contribution in [0.2, 0.25) is 5.02 Å². The number of nitrogens with zero attached hydrogens (tertiary/aromatic N) is 3. The van der Waals surface area contributed by atoms with Crippen molar-refractivity contribution in [1.29, 1.82) is 5.26 Å². The highest BCUT2D eigenvalue weighted by atomic mass is 127. The second-order valence-corrected chi connectivity index (χ2v) is 7.60. The third-order valence-corrected chi connectivity index (χ3v) is 5.44. The summed E-state index contributed by atoms with van der Waals surface area (Å²) in [5, 5.41) is 9.50. The molecule has 4 nitrogen and oxygen atoms in total. The zero-order valence-electron chi connectivity index (χ0n) is 13.6. The molecule has 0 aromatic heterocycles. The van der Waals surface area contributed by atoms with E-state index >= 15 is 0 Å². The lowest BCUT2D eigenvalue weighted by Gasteiger charge is -2.35. The first-order valence-electron chi connectivity index (χ1n) is 8.02. The summed E-state index contributed by atoms with van der Waals surface area (Å²) >= 11 is 8.13. The van der Waals surface area contributed by atoms with Crippen LogP contribution in [0.25, 0.3) is 0 Å². The minimum absolute atomic E-state index is 0.0686. The molecular weight excluding hydrogens is 449 g/mol. The van der Waals surface area contributed by atoms with Gasteiger partial charge in [0.25, 0.3) is 5.91 Å². The van der Waals surface area contributed by atoms with Gasteiger partial charge in [-0.05, 0) is 58.5 Å². The Morgan fingerprint density at radius 2 is 1.80 bits per heavy atom. The zero-order valence-corrected chi connectivity index (χ0v) is 16.5. The van der Waals surface area contributed by atoms with Crippen LogP contribution in [0.4, 0.5) is 0 Å². The molecule has 2 aromatic carbocycles. The zero-order chi connectivity index (χ0) is 17.8. The highest BCUT2D eigenvalue weighted by Crippen LogP contribution is 2.20. The molecule has 1 saturated heterocycles. The molecule has 0 radical (unpaired) electrons. The second kappa shape index (κ2) is 8.17. The van der Waals surface area contributed by atoms with Gasteiger partial charge in [0.1, 0.15) is 0 Å². The SMILES string of the molecule is N#Cc1ccc(CN2CCN(C(=O)c3ccc(Cl)cc3I)CC2)cc1. The van der Waals surface area contributed by atoms with Crippen LogP contribution in [0.1, 0.15) is 21.5 Å². The van der Waals surface area contributed by atoms with Gasteiger partial charge < -0.3 is 4.90 Å². The topological polar surface area (TPSA) is 47.3 Å². The van der Waals surface area contributed by atoms with E-state index in [1.807, 2.05) is 35.2 Å². The maximum Gasteiger partial charge on any atom is 0.255 e. The van der Waals surface area contributed by atoms with Crippen LogP contribution in [-0.2, 0) is 6.54 Å². The maximum atomic E-state index is 12.7. The lowest BCUT2D eigenvalue weighted by atomic mass is 10.1. The number of rotatable bonds is 3. The molecule has 6 heteroatoms. The van der Waals surface area contributed by atoms with Gasteiger partial charge in [-0.15, -0.1) is 0 Å². The van der Waals surface area contributed by atoms with Crippen molar-refractivity contribution in [3.05, 3.63) is 67.7 Å². The van der Waals surface area contributed by atoms with E-state index in [9.17, 15) is 4.79 Å². The van der Waals surface area contributed by atoms with E-state index in [1.54, 1.807) is 12.1 Å². The van der Waals surface area contributed by atoms with E-state index in [4.69, 9.17) is 16.9 Å². The summed E-state index contributed by atoms with van der Waals surface area (Å²) in [4.78, 5) is 16.9. The standard InChI is InChI=1S/C19H17ClIN3O/c20-16-5-6-17(18(21)11-16)19(25)24-9-7-23(8-10-24)13-15-3-1-14(12-22)2-4-15/h1-6,11H,7-10,13H2. The number of amides is 1. The Bertz CT molecular complexity index is 808. The van der Waals surface area contributed by atoms with Gasteiger partial charge in [0.05, 0.1) is 17.2 Å². The predicted molar refractivity (Wildman–Crippen MR) is 107 cm³/mol. The molecule has 25 heavy (non-hydrogen) atoms. The van der Waals surface area contributed by atoms with Crippen molar-refractivity contribution in [2.45, 2.75) is 6.54 Å². The summed E-state index contributed by atoms with van der Waals surface area (Å²) in [6.07, 6.45) is 0. The van der Waals surface area contributed by atoms with Crippen molar-refractivity contribution < 1.29 is 4.79 Å². The fourth-order valence-electron chi connectivity index (χ4n) is 2.89. The van der Waals surface area contributed by atoms with E-state index < -0.39 is 0 Å². The summed E-state index contributed by atoms with van der Waals surface area (Å²) < 4.78 is 0.884. The van der Waals surface area contributed by atoms with Gasteiger partial charge in [0.2, 0.25) is 0 Å². The number of hydrogen-bond donors (Lipinski definition) is 0. The molecule has 3 rings (SSSR count). The van der Waals surface area contributed by atoms with Crippen LogP contribution >= 0.6 is 34.2 Å². The molecular formula is C19H17ClIN3O. The van der Waals surface area contributed by atoms with Crippen LogP contribution < -0.4 is 0 Å². The summed E-state index contributed by atoms with van der Waals surface area (Å²) in [5.41, 5.74) is 2.58. The van der Waals surface area contributed by atoms with Gasteiger partial charge in [-0.2, -0.15) is 5.26 Å². The lowest BCUT2D eigenvalue weighted by molar-refractivity contribution is 0.0627. The summed E-state index contributed by atoms with van der Waals surface area (Å²) in [7, 11) is 0. The van der Waals surface area contributed by atoms with Gasteiger partial charge in [0, 0.05) is 41.3 Å². The van der Waals surface area contributed by atoms with Crippen LogP contribution in [0, 0.1) is 14.9 Å². The fraction of sp³-hybridized carbons (Fsp3) is 0.263. The first-order valence-corrected chi connectivity index (χ1v) is 9.48. The van der Waals surface area contributed by atoms with Gasteiger partial charge in [-0.3, -0.25) is 9.69 Å². The van der Waals surface area contributed by atoms with Gasteiger partial charge in [-0.25, -0.2) is 0 Å². The van der Waals surface area contributed by atoms with Crippen molar-refractivity contribution in [1.82, 2.24) is 9.80 Å². The van der Waals surface area contributed by atoms with E-state index in [1.165, 1.54) is 5.56 Å². The molecule has 1 heterocycles. The quantitative estimate of drug-likeness (QED) is 0.648. The number of nitriles is 1. The predicted octanol–water partition coefficient (Wildman–Crippen LogP) is 3.77. The lowest BCUT2D eigenvalue weighted by Crippen LogP contribution is -2.48. The smallest absolute Gasteiger partial charge is 0.255 e. The first kappa shape index (κ1) is 18.2. The fourth-order valence-corrected chi connectivity index (χ4v) is 3.99. The largest absolute Gasteiger partial charge is 0.336 e. The highest BCUT2D eigenvalue weighted by Gasteiger charge is 2.23. The Hall–Kier alpha value is -1.62. The van der Waals surface area contributed by atoms with Gasteiger partial charge in [0.15, 0.2) is 0 Å². The van der Waals surface area contributed by atoms with E-state index in [0.717, 1.165) is 23.2 Å². The van der Waals surface area contributed by atoms with Crippen molar-refractivity contribution in [2.75, 3.05) is 26.2 Å². The molecule has 128 valence electrons. The Balaban J connectivity index is 1.57. The highest BCUT2D eigenvalue weighted by molar-refractivity contribution is 14.1. The number of benzene rings is 2. The Morgan fingerprint density at radius 3 is 2.40 bits per heavy atom. The normalized spacial score (nSPS) is 15.0. The third kappa shape index (κ3) is 4.51. The monoisotopic (exact) mass is 465 g/mol. The molecule has 0 spiro atoms. The Kier molecular flexibility index (Phi) is 5.94. The molecule has 0 unspecified atom stereocenters. The molecule has 1 amide bonds. The summed E-state index contributed by atoms with van der Waals surface area (Å²) in [6.45, 7) is 3.96. The molecule has 0 N–H and O–H groups in total. The number of hydrogen-bond acceptors (Lipinski definition) is 3. The van der Waals surface area contributed by atoms with Crippen molar-refractivity contribution in [3.63, 3.8) is 0 Å². The van der Waals surface area contributed by atoms with Gasteiger partial charge in [-0.1, -0.05) is 23.7 Å². The van der Waals surface area contributed by atoms with Crippen LogP contribution in [0.15, 0.2) is 42.5 Å². The van der Waals surface area contributed by atoms with Crippen molar-refractivity contribution in [2.24, 2.45) is 0 Å². The molecule has 2 aromatic rings. The third-order valence-electron chi connectivity index (χ3n) is 4.31. The van der Waals surface area contributed by atoms with Crippen LogP contribution in [-0.4, -0.2) is 41.9 Å². The molecule has 1 aliphatic heterocycles. The van der Waals surface area contributed by atoms with Crippen molar-refractivity contribution >= 4 is 40.1 Å². The van der Waals surface area contributed by atoms with Crippen molar-refractivity contribution in [3.8, 4) is 6.07 Å². The minimum Gasteiger partial charge on any atom is -0.336 e. The van der Waals surface area contributed by atoms with E-state index in [2.05, 4.69) is 33.6 Å². The molecule has 0 atom stereocenters. The maximum absolute atomic E-state index is 12.7. The molecule has 1 aliphatic rings. The summed E-state index contributed by atoms with van der Waals surface area (Å²) in [6, 6.07) is 15.2. The minimum atomic E-state index is 0.0686. The number of carbonyl (C=O) groups is 1. The molecule has 0 saturated carbocycles. The molecule has 0 aliphatic carbocycles. The number of halogens is 2. The average Bonchev–Trinajstić information content (AvgIpc) is 2.62. The number of piperazine rings is 1. The Labute approximate surface area is 166 Å². The molecule has 0 bridgehead atoms. The summed E-state index contributed by atoms with van der Waals surface area (Å²) in [5.74, 6) is 0.0686. The van der Waals surface area contributed by atoms with Crippen LogP contribution in [0.5, 0.6) is 0 Å². The first-order chi connectivity index (χ1) is 12.1. The van der Waals surface area contributed by atoms with Gasteiger partial charge >= 0.3 is 0 Å². The molecule has 1 fully saturated rings. The van der Waals surface area contributed by atoms with E-state index in [0.29, 0.717) is 29.2 Å². The Morgan fingerprint density at radius 1 is 1.12 bits per heavy atom. The van der Waals surface area contributed by atoms with Crippen LogP contribution in [0.3, 0.4) is 0 Å². The number of carbonyl (C=O) groups excluding carboxylic acids is 1.